The largest absolute Gasteiger partial charge is 0.465 e. The van der Waals surface area contributed by atoms with Crippen molar-refractivity contribution >= 4 is 5.97 Å². The van der Waals surface area contributed by atoms with E-state index < -0.39 is 0 Å². The quantitative estimate of drug-likeness (QED) is 0.586. The topological polar surface area (TPSA) is 35.5 Å². The van der Waals surface area contributed by atoms with Crippen LogP contribution in [0, 0.1) is 23.2 Å². The lowest BCUT2D eigenvalue weighted by Gasteiger charge is -2.54. The number of rotatable bonds is 3. The van der Waals surface area contributed by atoms with Crippen LogP contribution in [0.3, 0.4) is 0 Å². The molecule has 0 radical (unpaired) electrons. The molecule has 2 bridgehead atoms. The maximum atomic E-state index is 11.2. The number of carbonyl (C=O) groups excluding carboxylic acids is 1. The molecule has 1 fully saturated rings. The Labute approximate surface area is 122 Å². The second-order valence-corrected chi connectivity index (χ2v) is 6.33. The Hall–Kier alpha value is -1.09. The first kappa shape index (κ1) is 15.3. The molecular weight excluding hydrogens is 252 g/mol. The third-order valence-electron chi connectivity index (χ3n) is 5.22. The van der Waals surface area contributed by atoms with E-state index in [9.17, 15) is 4.79 Å². The minimum absolute atomic E-state index is 0.0894. The molecule has 0 aromatic rings. The fourth-order valence-electron chi connectivity index (χ4n) is 3.91. The van der Waals surface area contributed by atoms with E-state index in [0.29, 0.717) is 31.0 Å². The van der Waals surface area contributed by atoms with Crippen LogP contribution in [-0.4, -0.2) is 25.3 Å². The van der Waals surface area contributed by atoms with E-state index in [4.69, 9.17) is 9.47 Å². The highest BCUT2D eigenvalue weighted by Crippen LogP contribution is 2.52. The van der Waals surface area contributed by atoms with Crippen LogP contribution in [-0.2, 0) is 14.3 Å². The van der Waals surface area contributed by atoms with Gasteiger partial charge in [-0.15, -0.1) is 0 Å². The van der Waals surface area contributed by atoms with Crippen LogP contribution in [0.15, 0.2) is 23.8 Å². The maximum Gasteiger partial charge on any atom is 0.302 e. The van der Waals surface area contributed by atoms with Gasteiger partial charge in [-0.3, -0.25) is 4.79 Å². The van der Waals surface area contributed by atoms with Gasteiger partial charge in [0.25, 0.3) is 0 Å². The summed E-state index contributed by atoms with van der Waals surface area (Å²) in [5.41, 5.74) is 1.31. The molecule has 1 aliphatic heterocycles. The Morgan fingerprint density at radius 2 is 2.25 bits per heavy atom. The zero-order valence-corrected chi connectivity index (χ0v) is 13.2. The third-order valence-corrected chi connectivity index (χ3v) is 5.22. The minimum atomic E-state index is -0.211. The van der Waals surface area contributed by atoms with E-state index in [1.54, 1.807) is 0 Å². The molecule has 3 heteroatoms. The molecule has 3 nitrogen and oxygen atoms in total. The summed E-state index contributed by atoms with van der Waals surface area (Å²) in [5.74, 6) is 0.973. The van der Waals surface area contributed by atoms with E-state index in [2.05, 4.69) is 39.0 Å². The van der Waals surface area contributed by atoms with Gasteiger partial charge in [0.2, 0.25) is 0 Å². The van der Waals surface area contributed by atoms with Gasteiger partial charge in [-0.25, -0.2) is 0 Å². The van der Waals surface area contributed by atoms with Crippen LogP contribution in [0.25, 0.3) is 0 Å². The van der Waals surface area contributed by atoms with Crippen molar-refractivity contribution in [2.75, 3.05) is 13.2 Å². The van der Waals surface area contributed by atoms with Gasteiger partial charge in [0, 0.05) is 18.3 Å². The first-order chi connectivity index (χ1) is 9.42. The van der Waals surface area contributed by atoms with Gasteiger partial charge >= 0.3 is 5.97 Å². The molecule has 2 aliphatic rings. The Balaban J connectivity index is 2.32. The van der Waals surface area contributed by atoms with E-state index in [0.717, 1.165) is 0 Å². The molecule has 1 saturated heterocycles. The lowest BCUT2D eigenvalue weighted by Crippen LogP contribution is -2.56. The standard InChI is InChI=1S/C17H26O3/c1-6-7-15-16-11(2)8-12(3)17(10-20-15,13(16)4)9-19-14(5)18/h6-8,12-13,15-16H,9-10H2,1-5H3/b7-6+/t12-,13+,15-,16-,17+/m1/s1. The number of allylic oxidation sites excluding steroid dienone is 2. The molecular formula is C17H26O3. The van der Waals surface area contributed by atoms with Gasteiger partial charge in [-0.05, 0) is 25.7 Å². The first-order valence-electron chi connectivity index (χ1n) is 7.48. The molecule has 0 saturated carbocycles. The summed E-state index contributed by atoms with van der Waals surface area (Å²) in [5, 5.41) is 0. The van der Waals surface area contributed by atoms with Gasteiger partial charge in [0.1, 0.15) is 0 Å². The molecule has 0 aromatic carbocycles. The number of fused-ring (bicyclic) bond motifs is 2. The molecule has 1 heterocycles. The predicted octanol–water partition coefficient (Wildman–Crippen LogP) is 3.36. The Bertz CT molecular complexity index is 438. The highest BCUT2D eigenvalue weighted by atomic mass is 16.5. The Kier molecular flexibility index (Phi) is 4.38. The fourth-order valence-corrected chi connectivity index (χ4v) is 3.91. The van der Waals surface area contributed by atoms with E-state index >= 15 is 0 Å². The van der Waals surface area contributed by atoms with Crippen molar-refractivity contribution in [1.29, 1.82) is 0 Å². The molecule has 1 aliphatic carbocycles. The zero-order chi connectivity index (χ0) is 14.9. The highest BCUT2D eigenvalue weighted by molar-refractivity contribution is 5.65. The predicted molar refractivity (Wildman–Crippen MR) is 79.2 cm³/mol. The van der Waals surface area contributed by atoms with E-state index in [1.807, 2.05) is 6.92 Å². The van der Waals surface area contributed by atoms with Crippen molar-refractivity contribution in [3.8, 4) is 0 Å². The second-order valence-electron chi connectivity index (χ2n) is 6.33. The van der Waals surface area contributed by atoms with Crippen LogP contribution in [0.4, 0.5) is 0 Å². The van der Waals surface area contributed by atoms with Crippen molar-refractivity contribution in [3.05, 3.63) is 23.8 Å². The smallest absolute Gasteiger partial charge is 0.302 e. The lowest BCUT2D eigenvalue weighted by atomic mass is 9.56. The van der Waals surface area contributed by atoms with E-state index in [1.165, 1.54) is 12.5 Å². The summed E-state index contributed by atoms with van der Waals surface area (Å²) >= 11 is 0. The number of hydrogen-bond donors (Lipinski definition) is 0. The monoisotopic (exact) mass is 278 g/mol. The fraction of sp³-hybridized carbons (Fsp3) is 0.706. The number of ether oxygens (including phenoxy) is 2. The van der Waals surface area contributed by atoms with Crippen LogP contribution in [0.1, 0.15) is 34.6 Å². The molecule has 2 rings (SSSR count). The van der Waals surface area contributed by atoms with Crippen molar-refractivity contribution in [2.24, 2.45) is 23.2 Å². The summed E-state index contributed by atoms with van der Waals surface area (Å²) in [6.07, 6.45) is 6.68. The van der Waals surface area contributed by atoms with Crippen LogP contribution >= 0.6 is 0 Å². The minimum Gasteiger partial charge on any atom is -0.465 e. The molecule has 0 aromatic heterocycles. The summed E-state index contributed by atoms with van der Waals surface area (Å²) in [6, 6.07) is 0. The first-order valence-corrected chi connectivity index (χ1v) is 7.48. The van der Waals surface area contributed by atoms with Gasteiger partial charge in [0.05, 0.1) is 19.3 Å². The van der Waals surface area contributed by atoms with Crippen LogP contribution in [0.2, 0.25) is 0 Å². The molecule has 0 N–H and O–H groups in total. The average Bonchev–Trinajstić information content (AvgIpc) is 2.36. The van der Waals surface area contributed by atoms with Crippen LogP contribution < -0.4 is 0 Å². The number of hydrogen-bond acceptors (Lipinski definition) is 3. The Morgan fingerprint density at radius 1 is 1.55 bits per heavy atom. The summed E-state index contributed by atoms with van der Waals surface area (Å²) in [6.45, 7) is 11.3. The van der Waals surface area contributed by atoms with Gasteiger partial charge in [-0.2, -0.15) is 0 Å². The average molecular weight is 278 g/mol. The third kappa shape index (κ3) is 2.44. The maximum absolute atomic E-state index is 11.2. The van der Waals surface area contributed by atoms with Crippen molar-refractivity contribution in [2.45, 2.75) is 40.7 Å². The summed E-state index contributed by atoms with van der Waals surface area (Å²) in [4.78, 5) is 11.2. The van der Waals surface area contributed by atoms with Crippen molar-refractivity contribution in [1.82, 2.24) is 0 Å². The number of esters is 1. The SMILES string of the molecule is C/C=C/[C@H]1OC[C@@]2(COC(C)=O)[C@H](C)C=C(C)[C@@H]1[C@@H]2C. The van der Waals surface area contributed by atoms with Crippen molar-refractivity contribution in [3.63, 3.8) is 0 Å². The van der Waals surface area contributed by atoms with Gasteiger partial charge < -0.3 is 9.47 Å². The van der Waals surface area contributed by atoms with Crippen LogP contribution in [0.5, 0.6) is 0 Å². The normalized spacial score (nSPS) is 40.5. The zero-order valence-electron chi connectivity index (χ0n) is 13.2. The molecule has 5 atom stereocenters. The van der Waals surface area contributed by atoms with Gasteiger partial charge in [0.15, 0.2) is 0 Å². The van der Waals surface area contributed by atoms with Gasteiger partial charge in [-0.1, -0.05) is 37.6 Å². The molecule has 0 unspecified atom stereocenters. The number of carbonyl (C=O) groups is 1. The second kappa shape index (κ2) is 5.72. The molecule has 112 valence electrons. The highest BCUT2D eigenvalue weighted by Gasteiger charge is 2.53. The molecule has 0 spiro atoms. The molecule has 20 heavy (non-hydrogen) atoms. The van der Waals surface area contributed by atoms with E-state index in [-0.39, 0.29) is 17.5 Å². The summed E-state index contributed by atoms with van der Waals surface area (Å²) in [7, 11) is 0. The van der Waals surface area contributed by atoms with Crippen molar-refractivity contribution < 1.29 is 14.3 Å². The lowest BCUT2D eigenvalue weighted by molar-refractivity contribution is -0.171. The summed E-state index contributed by atoms with van der Waals surface area (Å²) < 4.78 is 11.5. The Morgan fingerprint density at radius 3 is 2.85 bits per heavy atom. The molecule has 0 amide bonds.